The normalized spacial score (nSPS) is 13.7. The first-order valence-corrected chi connectivity index (χ1v) is 15.7. The zero-order chi connectivity index (χ0) is 34.3. The van der Waals surface area contributed by atoms with E-state index in [0.717, 1.165) is 33.4 Å². The quantitative estimate of drug-likeness (QED) is 0.125. The number of hydroxylamine groups is 1. The van der Waals surface area contributed by atoms with Crippen molar-refractivity contribution in [3.05, 3.63) is 155 Å². The molecule has 6 rings (SSSR count). The summed E-state index contributed by atoms with van der Waals surface area (Å²) in [6.45, 7) is 1.67. The Kier molecular flexibility index (Phi) is 9.78. The molecule has 5 aromatic rings. The summed E-state index contributed by atoms with van der Waals surface area (Å²) in [4.78, 5) is 49.2. The number of nitrogen functional groups attached to an aromatic ring is 1. The molecule has 5 aromatic carbocycles. The van der Waals surface area contributed by atoms with Crippen LogP contribution in [0, 0.1) is 6.92 Å². The Morgan fingerprint density at radius 3 is 2.02 bits per heavy atom. The van der Waals surface area contributed by atoms with Crippen LogP contribution in [-0.2, 0) is 27.4 Å². The zero-order valence-electron chi connectivity index (χ0n) is 26.8. The summed E-state index contributed by atoms with van der Waals surface area (Å²) in [6.07, 6.45) is -0.255. The number of rotatable bonds is 11. The van der Waals surface area contributed by atoms with Gasteiger partial charge in [-0.3, -0.25) is 14.4 Å². The van der Waals surface area contributed by atoms with Gasteiger partial charge in [0.1, 0.15) is 6.54 Å². The van der Waals surface area contributed by atoms with Crippen LogP contribution in [0.3, 0.4) is 0 Å². The largest absolute Gasteiger partial charge is 0.480 e. The lowest BCUT2D eigenvalue weighted by molar-refractivity contribution is -0.137. The van der Waals surface area contributed by atoms with E-state index in [2.05, 4.69) is 42.0 Å². The van der Waals surface area contributed by atoms with Crippen LogP contribution in [-0.4, -0.2) is 40.2 Å². The third kappa shape index (κ3) is 8.37. The number of benzene rings is 5. The van der Waals surface area contributed by atoms with Crippen molar-refractivity contribution < 1.29 is 24.3 Å². The number of carboxylic acids is 1. The highest BCUT2D eigenvalue weighted by Gasteiger charge is 2.23. The number of carbonyl (C=O) groups is 3. The second-order valence-electron chi connectivity index (χ2n) is 11.8. The summed E-state index contributed by atoms with van der Waals surface area (Å²) >= 11 is 0. The second-order valence-corrected chi connectivity index (χ2v) is 11.8. The number of carbonyl (C=O) groups excluding carboxylic acids is 2. The Balaban J connectivity index is 1.07. The first kappa shape index (κ1) is 32.7. The predicted octanol–water partition coefficient (Wildman–Crippen LogP) is 6.13. The number of amides is 2. The van der Waals surface area contributed by atoms with Crippen molar-refractivity contribution in [3.8, 4) is 11.1 Å². The highest BCUT2D eigenvalue weighted by atomic mass is 16.7. The number of nitrogens with two attached hydrogens (primary N) is 1. The molecule has 10 heteroatoms. The van der Waals surface area contributed by atoms with E-state index < -0.39 is 24.6 Å². The van der Waals surface area contributed by atoms with Crippen LogP contribution in [0.4, 0.5) is 11.4 Å². The Morgan fingerprint density at radius 2 is 1.39 bits per heavy atom. The molecule has 0 saturated heterocycles. The molecule has 0 bridgehead atoms. The maximum absolute atomic E-state index is 13.4. The molecule has 2 amide bonds. The topological polar surface area (TPSA) is 146 Å². The maximum atomic E-state index is 13.4. The summed E-state index contributed by atoms with van der Waals surface area (Å²) in [5.74, 6) is -1.30. The molecule has 1 aliphatic rings. The van der Waals surface area contributed by atoms with Crippen molar-refractivity contribution in [1.82, 2.24) is 10.4 Å². The molecule has 0 aromatic heterocycles. The van der Waals surface area contributed by atoms with Gasteiger partial charge in [-0.05, 0) is 83.3 Å². The molecule has 0 fully saturated rings. The molecule has 0 saturated carbocycles. The molecule has 49 heavy (non-hydrogen) atoms. The first-order valence-electron chi connectivity index (χ1n) is 15.7. The number of aryl methyl sites for hydroxylation is 1. The minimum Gasteiger partial charge on any atom is -0.480 e. The van der Waals surface area contributed by atoms with Crippen molar-refractivity contribution in [3.63, 3.8) is 0 Å². The number of anilines is 2. The smallest absolute Gasteiger partial charge is 0.323 e. The Morgan fingerprint density at radius 1 is 0.796 bits per heavy atom. The van der Waals surface area contributed by atoms with Gasteiger partial charge in [-0.25, -0.2) is 4.99 Å². The van der Waals surface area contributed by atoms with E-state index in [-0.39, 0.29) is 18.9 Å². The lowest BCUT2D eigenvalue weighted by Crippen LogP contribution is -2.35. The number of nitrogens with zero attached hydrogens (tertiary/aromatic N) is 2. The van der Waals surface area contributed by atoms with Gasteiger partial charge in [-0.2, -0.15) is 0 Å². The monoisotopic (exact) mass is 653 g/mol. The molecule has 0 spiro atoms. The van der Waals surface area contributed by atoms with Gasteiger partial charge in [-0.15, -0.1) is 5.48 Å². The average molecular weight is 654 g/mol. The standard InChI is InChI=1S/C39H35N5O5/c1-25-2-8-28(9-3-25)29-12-14-31(15-13-29)38-42-37(43-49-38)30-10-4-27(5-11-30)23-44(24-36(46)47)39(48)32-16-20-34(21-17-32)41-35(45)22-26-6-18-33(40)19-7-26/h2-21,37,43H,22-24,40H2,1H3,(H,41,45)(H,46,47). The number of nitrogens with one attached hydrogen (secondary N) is 2. The lowest BCUT2D eigenvalue weighted by atomic mass is 10.0. The van der Waals surface area contributed by atoms with Crippen molar-refractivity contribution in [2.24, 2.45) is 4.99 Å². The van der Waals surface area contributed by atoms with Crippen LogP contribution >= 0.6 is 0 Å². The predicted molar refractivity (Wildman–Crippen MR) is 189 cm³/mol. The number of hydrogen-bond donors (Lipinski definition) is 4. The van der Waals surface area contributed by atoms with Gasteiger partial charge in [-0.1, -0.05) is 78.4 Å². The third-order valence-electron chi connectivity index (χ3n) is 8.07. The van der Waals surface area contributed by atoms with Crippen LogP contribution in [0.2, 0.25) is 0 Å². The molecule has 1 aliphatic heterocycles. The summed E-state index contributed by atoms with van der Waals surface area (Å²) in [5.41, 5.74) is 16.8. The maximum Gasteiger partial charge on any atom is 0.323 e. The third-order valence-corrected chi connectivity index (χ3v) is 8.07. The second kappa shape index (κ2) is 14.7. The van der Waals surface area contributed by atoms with Crippen LogP contribution < -0.4 is 16.5 Å². The Bertz CT molecular complexity index is 1970. The average Bonchev–Trinajstić information content (AvgIpc) is 3.60. The van der Waals surface area contributed by atoms with Crippen LogP contribution in [0.15, 0.2) is 126 Å². The zero-order valence-corrected chi connectivity index (χ0v) is 26.8. The lowest BCUT2D eigenvalue weighted by Gasteiger charge is -2.21. The van der Waals surface area contributed by atoms with Crippen molar-refractivity contribution in [2.45, 2.75) is 26.1 Å². The summed E-state index contributed by atoms with van der Waals surface area (Å²) in [6, 6.07) is 37.2. The van der Waals surface area contributed by atoms with Gasteiger partial charge in [0.2, 0.25) is 11.8 Å². The molecule has 1 atom stereocenters. The van der Waals surface area contributed by atoms with E-state index in [0.29, 0.717) is 22.8 Å². The highest BCUT2D eigenvalue weighted by molar-refractivity contribution is 5.97. The van der Waals surface area contributed by atoms with E-state index >= 15 is 0 Å². The molecule has 0 radical (unpaired) electrons. The number of aliphatic imine (C=N–C) groups is 1. The van der Waals surface area contributed by atoms with Gasteiger partial charge in [0.15, 0.2) is 6.17 Å². The fourth-order valence-corrected chi connectivity index (χ4v) is 5.40. The minimum atomic E-state index is -1.13. The van der Waals surface area contributed by atoms with E-state index in [9.17, 15) is 19.5 Å². The highest BCUT2D eigenvalue weighted by Crippen LogP contribution is 2.25. The van der Waals surface area contributed by atoms with Crippen molar-refractivity contribution >= 4 is 35.1 Å². The number of aliphatic carboxylic acids is 1. The minimum absolute atomic E-state index is 0.0853. The molecule has 1 heterocycles. The fraction of sp³-hybridized carbons (Fsp3) is 0.128. The van der Waals surface area contributed by atoms with Crippen LogP contribution in [0.1, 0.15) is 44.3 Å². The van der Waals surface area contributed by atoms with E-state index in [4.69, 9.17) is 15.6 Å². The van der Waals surface area contributed by atoms with Crippen LogP contribution in [0.25, 0.3) is 11.1 Å². The molecule has 0 aliphatic carbocycles. The van der Waals surface area contributed by atoms with Gasteiger partial charge in [0.25, 0.3) is 5.91 Å². The van der Waals surface area contributed by atoms with Gasteiger partial charge in [0.05, 0.1) is 6.42 Å². The molecular weight excluding hydrogens is 618 g/mol. The van der Waals surface area contributed by atoms with Gasteiger partial charge in [0, 0.05) is 29.0 Å². The van der Waals surface area contributed by atoms with Crippen molar-refractivity contribution in [1.29, 1.82) is 0 Å². The van der Waals surface area contributed by atoms with Gasteiger partial charge < -0.3 is 25.9 Å². The fourth-order valence-electron chi connectivity index (χ4n) is 5.40. The van der Waals surface area contributed by atoms with Gasteiger partial charge >= 0.3 is 5.97 Å². The number of hydrogen-bond acceptors (Lipinski definition) is 7. The molecular formula is C39H35N5O5. The van der Waals surface area contributed by atoms with Crippen molar-refractivity contribution in [2.75, 3.05) is 17.6 Å². The van der Waals surface area contributed by atoms with Crippen LogP contribution in [0.5, 0.6) is 0 Å². The Hall–Kier alpha value is -6.26. The summed E-state index contributed by atoms with van der Waals surface area (Å²) in [5, 5.41) is 12.4. The van der Waals surface area contributed by atoms with E-state index in [1.54, 1.807) is 48.5 Å². The SMILES string of the molecule is Cc1ccc(-c2ccc(C3=NC(c4ccc(CN(CC(=O)O)C(=O)c5ccc(NC(=O)Cc6ccc(N)cc6)cc5)cc4)NO3)cc2)cc1. The molecule has 246 valence electrons. The molecule has 1 unspecified atom stereocenters. The summed E-state index contributed by atoms with van der Waals surface area (Å²) in [7, 11) is 0. The van der Waals surface area contributed by atoms with E-state index in [1.165, 1.54) is 10.5 Å². The number of carboxylic acid groups (broad SMARTS) is 1. The summed E-state index contributed by atoms with van der Waals surface area (Å²) < 4.78 is 0. The first-order chi connectivity index (χ1) is 23.7. The van der Waals surface area contributed by atoms with E-state index in [1.807, 2.05) is 48.5 Å². The molecule has 10 nitrogen and oxygen atoms in total. The molecule has 5 N–H and O–H groups in total. The Labute approximate surface area is 283 Å².